The van der Waals surface area contributed by atoms with Crippen LogP contribution in [0.2, 0.25) is 0 Å². The van der Waals surface area contributed by atoms with Crippen LogP contribution in [0.4, 0.5) is 32.1 Å². The molecule has 0 unspecified atom stereocenters. The van der Waals surface area contributed by atoms with Crippen LogP contribution in [0.5, 0.6) is 0 Å². The van der Waals surface area contributed by atoms with Crippen LogP contribution in [0, 0.1) is 39.5 Å². The molecule has 6 aliphatic heterocycles. The third-order valence-electron chi connectivity index (χ3n) is 26.0. The highest BCUT2D eigenvalue weighted by molar-refractivity contribution is 7.18. The summed E-state index contributed by atoms with van der Waals surface area (Å²) in [4.78, 5) is 151. The summed E-state index contributed by atoms with van der Waals surface area (Å²) in [6.45, 7) is 37.0. The van der Waals surface area contributed by atoms with Crippen LogP contribution < -0.4 is 42.5 Å². The number of hydrogen-bond donors (Lipinski definition) is 12. The van der Waals surface area contributed by atoms with Gasteiger partial charge in [-0.1, -0.05) is 13.8 Å². The summed E-state index contributed by atoms with van der Waals surface area (Å²) in [5.41, 5.74) is 3.39. The molecule has 8 amide bonds. The number of aromatic nitrogens is 8. The first-order valence-corrected chi connectivity index (χ1v) is 51.8. The quantitative estimate of drug-likeness (QED) is 0.0186. The number of carbonyl (C=O) groups is 8. The van der Waals surface area contributed by atoms with E-state index in [1.807, 2.05) is 101 Å². The summed E-state index contributed by atoms with van der Waals surface area (Å²) in [7, 11) is 0. The summed E-state index contributed by atoms with van der Waals surface area (Å²) in [6.07, 6.45) is 23.9. The highest BCUT2D eigenvalue weighted by Gasteiger charge is 2.49. The molecule has 8 aromatic heterocycles. The van der Waals surface area contributed by atoms with Crippen molar-refractivity contribution in [2.75, 3.05) is 60.5 Å². The Morgan fingerprint density at radius 1 is 0.406 bits per heavy atom. The van der Waals surface area contributed by atoms with Gasteiger partial charge in [-0.05, 0) is 286 Å². The second kappa shape index (κ2) is 43.5. The lowest BCUT2D eigenvalue weighted by atomic mass is 10.0. The van der Waals surface area contributed by atoms with Gasteiger partial charge >= 0.3 is 0 Å². The van der Waals surface area contributed by atoms with Crippen molar-refractivity contribution in [2.45, 2.75) is 336 Å². The number of likely N-dealkylation sites (tertiary alicyclic amines) is 2. The maximum Gasteiger partial charge on any atom is 0.280 e. The molecular weight excluding hydrogens is 1840 g/mol. The van der Waals surface area contributed by atoms with Gasteiger partial charge in [0.2, 0.25) is 0 Å². The maximum absolute atomic E-state index is 14.0. The minimum atomic E-state index is -2.97. The van der Waals surface area contributed by atoms with Crippen molar-refractivity contribution in [3.05, 3.63) is 114 Å². The number of fused-ring (bicyclic) bond motifs is 4. The molecule has 8 aromatic rings. The standard InChI is InChI=1S/C27H37N5O3S.C26H37N5O3S.C24H33N5O3S.C23H31F2N5O3S/c1-5-20(16-6-7-16)30-21-12-15(2)19(13-28-21)23-22(26(34)32-17-8-9-18(32)11-10-17)31-25(36-23)24(33)29-14-27(3,4)35;1-6-19(17-9-10-17)29-20-12-15(2)18(13-27-20)22-21(25(33)31-11-7-8-16(31)3)30-24(35-22)23(32)28-14-26(4,5)34;1-13(2)27-18-10-14(3)17(11-25-18)20-19(23(31)29-15-6-7-16(29)9-8-15)28-22(33-20)21(30)26-12-24(4,5)32;1-12(2)28-16-7-13(3)15(9-26-16)18-17(21(32)30-11-23(24,25)8-14(30)4)29-20(34-18)19(31)27-10-22(5,6)33/h12-13,16-18,20,35H,5-11,14H2,1-4H3,(H,28,30)(H,29,33);12-13,16-17,19,34H,6-11,14H2,1-5H3,(H,27,29)(H,28,32);10-11,13,15-16,32H,6-9,12H2,1-5H3,(H,25,27)(H,26,30);7,9,12,14,33H,8,10-11H2,1-6H3,(H,26,28)(H,27,31)/t17?,18?,20-;16-,19+;;14-/m00.0/s1. The molecule has 8 fully saturated rings. The molecule has 0 spiro atoms. The number of aryl methyl sites for hydroxylation is 4. The first-order chi connectivity index (χ1) is 64.9. The number of pyridine rings is 4. The van der Waals surface area contributed by atoms with Gasteiger partial charge in [-0.15, -0.1) is 45.3 Å². The number of hydrogen-bond acceptors (Lipinski definition) is 28. The second-order valence-electron chi connectivity index (χ2n) is 41.6. The first-order valence-electron chi connectivity index (χ1n) is 48.6. The Morgan fingerprint density at radius 2 is 0.674 bits per heavy atom. The second-order valence-corrected chi connectivity index (χ2v) is 45.6. The van der Waals surface area contributed by atoms with Gasteiger partial charge in [0.1, 0.15) is 46.0 Å². The summed E-state index contributed by atoms with van der Waals surface area (Å²) in [5, 5.41) is 65.0. The number of amides is 8. The third-order valence-corrected chi connectivity index (χ3v) is 30.4. The van der Waals surface area contributed by atoms with Crippen LogP contribution in [-0.4, -0.2) is 255 Å². The smallest absolute Gasteiger partial charge is 0.280 e. The minimum Gasteiger partial charge on any atom is -0.389 e. The first kappa shape index (κ1) is 105. The SMILES string of the molecule is CC[C@@H](Nc1cc(C)c(-c2sc(C(=O)NCC(C)(C)O)nc2C(=O)N2CCC[C@@H]2C)cn1)C1CC1.CC[C@H](Nc1cc(C)c(-c2sc(C(=O)NCC(C)(C)O)nc2C(=O)N2C3CCC2CC3)cn1)C1CC1.Cc1cc(NC(C)C)ncc1-c1sc(C(=O)NCC(C)(C)O)nc1C(=O)N1C2CCC1CC2.Cc1cc(NC(C)C)ncc1-c1sc(C(=O)NCC(C)(C)O)nc1C(=O)N1CC(F)(F)C[C@@H]1C. The zero-order chi connectivity index (χ0) is 100. The molecule has 4 atom stereocenters. The average molecular weight is 1980 g/mol. The molecular formula is C100H138F2N20O12S4. The molecule has 14 heterocycles. The van der Waals surface area contributed by atoms with E-state index in [0.717, 1.165) is 162 Å². The molecule has 138 heavy (non-hydrogen) atoms. The molecule has 2 saturated carbocycles. The Labute approximate surface area is 823 Å². The van der Waals surface area contributed by atoms with Crippen LogP contribution in [0.25, 0.3) is 41.8 Å². The lowest BCUT2D eigenvalue weighted by Gasteiger charge is -2.22. The lowest BCUT2D eigenvalue weighted by molar-refractivity contribution is 0.0117. The number of nitrogens with one attached hydrogen (secondary N) is 8. The monoisotopic (exact) mass is 1980 g/mol. The van der Waals surface area contributed by atoms with E-state index in [4.69, 9.17) is 0 Å². The van der Waals surface area contributed by atoms with E-state index >= 15 is 0 Å². The number of halogens is 2. The predicted molar refractivity (Wildman–Crippen MR) is 537 cm³/mol. The van der Waals surface area contributed by atoms with E-state index in [2.05, 4.69) is 96.3 Å². The van der Waals surface area contributed by atoms with Crippen LogP contribution in [0.1, 0.15) is 323 Å². The topological polar surface area (TPSA) is 430 Å². The van der Waals surface area contributed by atoms with E-state index in [9.17, 15) is 67.6 Å². The van der Waals surface area contributed by atoms with Crippen LogP contribution in [0.3, 0.4) is 0 Å². The number of thiazole rings is 4. The van der Waals surface area contributed by atoms with Gasteiger partial charge in [0, 0.05) is 147 Å². The molecule has 6 saturated heterocycles. The van der Waals surface area contributed by atoms with Gasteiger partial charge in [-0.2, -0.15) is 0 Å². The predicted octanol–water partition coefficient (Wildman–Crippen LogP) is 15.9. The van der Waals surface area contributed by atoms with Gasteiger partial charge in [-0.25, -0.2) is 48.7 Å². The Hall–Kier alpha value is -10.2. The summed E-state index contributed by atoms with van der Waals surface area (Å²) < 4.78 is 28.0. The minimum absolute atomic E-state index is 0.00462. The number of rotatable bonds is 32. The van der Waals surface area contributed by atoms with E-state index in [0.29, 0.717) is 66.6 Å². The van der Waals surface area contributed by atoms with Crippen molar-refractivity contribution < 1.29 is 67.6 Å². The fourth-order valence-corrected chi connectivity index (χ4v) is 22.8. The van der Waals surface area contributed by atoms with E-state index in [-0.39, 0.29) is 118 Å². The van der Waals surface area contributed by atoms with Crippen molar-refractivity contribution in [2.24, 2.45) is 11.8 Å². The highest BCUT2D eigenvalue weighted by atomic mass is 32.1. The average Bonchev–Trinajstić information content (AvgIpc) is 1.62. The maximum atomic E-state index is 14.0. The van der Waals surface area contributed by atoms with E-state index in [1.54, 1.807) is 87.1 Å². The summed E-state index contributed by atoms with van der Waals surface area (Å²) >= 11 is 4.62. The van der Waals surface area contributed by atoms with Crippen LogP contribution in [0.15, 0.2) is 49.1 Å². The van der Waals surface area contributed by atoms with Crippen molar-refractivity contribution >= 4 is 116 Å². The molecule has 8 aliphatic rings. The van der Waals surface area contributed by atoms with Crippen molar-refractivity contribution in [3.63, 3.8) is 0 Å². The van der Waals surface area contributed by atoms with Crippen molar-refractivity contribution in [3.8, 4) is 41.8 Å². The molecule has 0 radical (unpaired) electrons. The normalized spacial score (nSPS) is 19.7. The summed E-state index contributed by atoms with van der Waals surface area (Å²) in [5.74, 6) is -1.15. The summed E-state index contributed by atoms with van der Waals surface area (Å²) in [6, 6.07) is 9.64. The fraction of sp³-hybridized carbons (Fsp3) is 0.600. The molecule has 16 rings (SSSR count). The lowest BCUT2D eigenvalue weighted by Crippen LogP contribution is -2.38. The largest absolute Gasteiger partial charge is 0.389 e. The van der Waals surface area contributed by atoms with Crippen LogP contribution >= 0.6 is 45.3 Å². The molecule has 12 N–H and O–H groups in total. The zero-order valence-corrected chi connectivity index (χ0v) is 86.4. The molecule has 38 heteroatoms. The molecule has 2 aliphatic carbocycles. The van der Waals surface area contributed by atoms with Gasteiger partial charge in [0.05, 0.1) is 48.5 Å². The van der Waals surface area contributed by atoms with Gasteiger partial charge in [-0.3, -0.25) is 38.4 Å². The molecule has 32 nitrogen and oxygen atoms in total. The molecule has 0 aromatic carbocycles. The Kier molecular flexibility index (Phi) is 33.1. The van der Waals surface area contributed by atoms with Crippen molar-refractivity contribution in [1.82, 2.24) is 80.7 Å². The van der Waals surface area contributed by atoms with Crippen LogP contribution in [-0.2, 0) is 0 Å². The zero-order valence-electron chi connectivity index (χ0n) is 83.1. The molecule has 748 valence electrons. The Morgan fingerprint density at radius 3 is 0.899 bits per heavy atom. The highest BCUT2D eigenvalue weighted by Crippen LogP contribution is 2.47. The van der Waals surface area contributed by atoms with E-state index in [1.165, 1.54) is 59.7 Å². The van der Waals surface area contributed by atoms with Gasteiger partial charge in [0.25, 0.3) is 53.2 Å². The fourth-order valence-electron chi connectivity index (χ4n) is 18.6. The third kappa shape index (κ3) is 26.5. The Balaban J connectivity index is 0.000000155. The molecule has 4 bridgehead atoms. The van der Waals surface area contributed by atoms with Gasteiger partial charge in [0.15, 0.2) is 20.0 Å². The number of alkyl halides is 2. The number of carbonyl (C=O) groups excluding carboxylic acids is 8. The number of nitrogens with zero attached hydrogens (tertiary/aromatic N) is 12. The Bertz CT molecular complexity index is 5720. The number of anilines is 4. The van der Waals surface area contributed by atoms with E-state index < -0.39 is 71.0 Å². The van der Waals surface area contributed by atoms with Gasteiger partial charge < -0.3 is 82.6 Å². The van der Waals surface area contributed by atoms with Crippen molar-refractivity contribution in [1.29, 1.82) is 0 Å². The number of aliphatic hydroxyl groups is 4.